The van der Waals surface area contributed by atoms with Crippen molar-refractivity contribution in [2.45, 2.75) is 19.8 Å². The van der Waals surface area contributed by atoms with Crippen LogP contribution in [0.1, 0.15) is 16.7 Å². The van der Waals surface area contributed by atoms with Gasteiger partial charge in [0.15, 0.2) is 0 Å². The van der Waals surface area contributed by atoms with E-state index in [2.05, 4.69) is 36.4 Å². The Labute approximate surface area is 155 Å². The molecule has 0 fully saturated rings. The van der Waals surface area contributed by atoms with E-state index in [0.717, 1.165) is 16.7 Å². The minimum atomic E-state index is -2.44. The van der Waals surface area contributed by atoms with Gasteiger partial charge in [-0.05, 0) is 0 Å². The van der Waals surface area contributed by atoms with Crippen LogP contribution in [-0.4, -0.2) is 37.1 Å². The van der Waals surface area contributed by atoms with Crippen molar-refractivity contribution < 1.29 is 15.3 Å². The van der Waals surface area contributed by atoms with Crippen molar-refractivity contribution in [3.8, 4) is 0 Å². The van der Waals surface area contributed by atoms with Gasteiger partial charge >= 0.3 is 156 Å². The van der Waals surface area contributed by atoms with Crippen LogP contribution in [0.3, 0.4) is 0 Å². The molecule has 0 unspecified atom stereocenters. The Balaban J connectivity index is 2.04. The zero-order valence-electron chi connectivity index (χ0n) is 13.8. The van der Waals surface area contributed by atoms with Crippen LogP contribution < -0.4 is 9.81 Å². The molecule has 3 nitrogen and oxygen atoms in total. The van der Waals surface area contributed by atoms with E-state index in [1.54, 1.807) is 0 Å². The molecule has 0 aliphatic carbocycles. The number of aliphatic hydroxyl groups is 3. The first-order valence-electron chi connectivity index (χ1n) is 8.14. The summed E-state index contributed by atoms with van der Waals surface area (Å²) < 4.78 is 4.00. The Bertz CT molecular complexity index is 683. The van der Waals surface area contributed by atoms with E-state index in [1.165, 1.54) is 9.81 Å². The molecule has 0 spiro atoms. The fraction of sp³-hybridized carbons (Fsp3) is 0.143. The van der Waals surface area contributed by atoms with Gasteiger partial charge in [-0.15, -0.1) is 0 Å². The molecule has 0 amide bonds. The average molecular weight is 530 g/mol. The Morgan fingerprint density at radius 1 is 0.440 bits per heavy atom. The summed E-state index contributed by atoms with van der Waals surface area (Å²) in [6.45, 7) is 0.155. The van der Waals surface area contributed by atoms with Crippen molar-refractivity contribution in [1.29, 1.82) is 0 Å². The van der Waals surface area contributed by atoms with Gasteiger partial charge in [0.25, 0.3) is 0 Å². The fourth-order valence-corrected chi connectivity index (χ4v) is 11.4. The van der Waals surface area contributed by atoms with E-state index in [9.17, 15) is 15.3 Å². The van der Waals surface area contributed by atoms with Gasteiger partial charge < -0.3 is 0 Å². The van der Waals surface area contributed by atoms with Gasteiger partial charge in [-0.2, -0.15) is 0 Å². The molecular formula is C21H21BiO3. The van der Waals surface area contributed by atoms with Crippen molar-refractivity contribution in [1.82, 2.24) is 0 Å². The third-order valence-corrected chi connectivity index (χ3v) is 13.6. The molecular weight excluding hydrogens is 509 g/mol. The van der Waals surface area contributed by atoms with Gasteiger partial charge in [0.1, 0.15) is 0 Å². The number of aliphatic hydroxyl groups excluding tert-OH is 3. The van der Waals surface area contributed by atoms with E-state index in [0.29, 0.717) is 0 Å². The molecule has 0 heterocycles. The predicted octanol–water partition coefficient (Wildman–Crippen LogP) is 0.680. The van der Waals surface area contributed by atoms with Crippen molar-refractivity contribution in [2.75, 3.05) is 0 Å². The summed E-state index contributed by atoms with van der Waals surface area (Å²) >= 11 is -2.44. The van der Waals surface area contributed by atoms with Crippen LogP contribution >= 0.6 is 0 Å². The molecule has 0 atom stereocenters. The quantitative estimate of drug-likeness (QED) is 0.411. The molecule has 128 valence electrons. The second kappa shape index (κ2) is 8.68. The van der Waals surface area contributed by atoms with Crippen LogP contribution in [0.2, 0.25) is 0 Å². The SMILES string of the molecule is OCc1cc[c]([Bi]([c]2ccc(CO)cc2)[c]2ccc(CO)cc2)cc1. The summed E-state index contributed by atoms with van der Waals surface area (Å²) in [4.78, 5) is 0. The molecule has 0 saturated carbocycles. The third kappa shape index (κ3) is 4.34. The molecule has 3 rings (SSSR count). The van der Waals surface area contributed by atoms with Crippen LogP contribution in [0.15, 0.2) is 72.8 Å². The summed E-state index contributed by atoms with van der Waals surface area (Å²) in [6, 6.07) is 24.7. The van der Waals surface area contributed by atoms with E-state index < -0.39 is 21.8 Å². The summed E-state index contributed by atoms with van der Waals surface area (Å²) in [5, 5.41) is 27.9. The number of rotatable bonds is 6. The van der Waals surface area contributed by atoms with Gasteiger partial charge in [0.2, 0.25) is 0 Å². The average Bonchev–Trinajstić information content (AvgIpc) is 2.70. The molecule has 4 heteroatoms. The number of hydrogen-bond acceptors (Lipinski definition) is 3. The van der Waals surface area contributed by atoms with Gasteiger partial charge in [-0.1, -0.05) is 0 Å². The molecule has 25 heavy (non-hydrogen) atoms. The van der Waals surface area contributed by atoms with Crippen LogP contribution in [0, 0.1) is 0 Å². The van der Waals surface area contributed by atoms with Crippen LogP contribution in [0.4, 0.5) is 0 Å². The van der Waals surface area contributed by atoms with Gasteiger partial charge in [0, 0.05) is 0 Å². The van der Waals surface area contributed by atoms with Crippen LogP contribution in [0.25, 0.3) is 0 Å². The third-order valence-electron chi connectivity index (χ3n) is 4.13. The first-order chi connectivity index (χ1) is 12.2. The van der Waals surface area contributed by atoms with Crippen molar-refractivity contribution in [3.05, 3.63) is 89.5 Å². The van der Waals surface area contributed by atoms with Crippen molar-refractivity contribution >= 4 is 31.6 Å². The number of hydrogen-bond donors (Lipinski definition) is 3. The molecule has 0 radical (unpaired) electrons. The Kier molecular flexibility index (Phi) is 6.33. The van der Waals surface area contributed by atoms with Crippen molar-refractivity contribution in [2.24, 2.45) is 0 Å². The monoisotopic (exact) mass is 530 g/mol. The second-order valence-electron chi connectivity index (χ2n) is 5.81. The maximum atomic E-state index is 9.29. The van der Waals surface area contributed by atoms with E-state index in [1.807, 2.05) is 36.4 Å². The summed E-state index contributed by atoms with van der Waals surface area (Å²) in [5.41, 5.74) is 2.75. The van der Waals surface area contributed by atoms with Gasteiger partial charge in [-0.25, -0.2) is 0 Å². The molecule has 0 saturated heterocycles. The molecule has 0 aliphatic rings. The second-order valence-corrected chi connectivity index (χ2v) is 14.4. The molecule has 3 aromatic rings. The standard InChI is InChI=1S/3C7H7O.Bi/c3*8-6-7-4-2-1-3-5-7;/h3*2-5,8H,6H2;. The molecule has 3 N–H and O–H groups in total. The molecule has 0 bridgehead atoms. The van der Waals surface area contributed by atoms with Crippen LogP contribution in [0.5, 0.6) is 0 Å². The minimum absolute atomic E-state index is 0.0517. The van der Waals surface area contributed by atoms with E-state index in [-0.39, 0.29) is 19.8 Å². The Morgan fingerprint density at radius 3 is 0.880 bits per heavy atom. The normalized spacial score (nSPS) is 11.0. The van der Waals surface area contributed by atoms with Crippen molar-refractivity contribution in [3.63, 3.8) is 0 Å². The fourth-order valence-electron chi connectivity index (χ4n) is 2.70. The zero-order valence-corrected chi connectivity index (χ0v) is 17.3. The van der Waals surface area contributed by atoms with Crippen LogP contribution in [-0.2, 0) is 19.8 Å². The maximum absolute atomic E-state index is 9.29. The first-order valence-corrected chi connectivity index (χ1v) is 13.4. The van der Waals surface area contributed by atoms with E-state index >= 15 is 0 Å². The molecule has 0 aromatic heterocycles. The van der Waals surface area contributed by atoms with Gasteiger partial charge in [-0.3, -0.25) is 0 Å². The topological polar surface area (TPSA) is 60.7 Å². The summed E-state index contributed by atoms with van der Waals surface area (Å²) in [7, 11) is 0. The van der Waals surface area contributed by atoms with E-state index in [4.69, 9.17) is 0 Å². The molecule has 3 aromatic carbocycles. The van der Waals surface area contributed by atoms with Gasteiger partial charge in [0.05, 0.1) is 0 Å². The predicted molar refractivity (Wildman–Crippen MR) is 102 cm³/mol. The Morgan fingerprint density at radius 2 is 0.680 bits per heavy atom. The summed E-state index contributed by atoms with van der Waals surface area (Å²) in [5.74, 6) is 0. The Hall–Kier alpha value is -1.58. The first kappa shape index (κ1) is 18.2. The summed E-state index contributed by atoms with van der Waals surface area (Å²) in [6.07, 6.45) is 0. The molecule has 0 aliphatic heterocycles. The zero-order chi connectivity index (χ0) is 17.6. The number of benzene rings is 3.